The topological polar surface area (TPSA) is 90.3 Å². The fourth-order valence-corrected chi connectivity index (χ4v) is 2.31. The van der Waals surface area contributed by atoms with E-state index in [4.69, 9.17) is 14.4 Å². The van der Waals surface area contributed by atoms with E-state index in [0.717, 1.165) is 69.1 Å². The molecule has 1 aliphatic heterocycles. The fourth-order valence-electron chi connectivity index (χ4n) is 2.05. The van der Waals surface area contributed by atoms with Gasteiger partial charge in [-0.1, -0.05) is 0 Å². The quantitative estimate of drug-likeness (QED) is 0.273. The maximum Gasteiger partial charge on any atom is 0.331 e. The molecule has 1 rings (SSSR count). The van der Waals surface area contributed by atoms with Crippen molar-refractivity contribution >= 4 is 24.0 Å². The molecule has 21 heavy (non-hydrogen) atoms. The van der Waals surface area contributed by atoms with Crippen molar-refractivity contribution in [2.45, 2.75) is 6.42 Å². The van der Waals surface area contributed by atoms with Gasteiger partial charge in [-0.25, -0.2) is 9.59 Å². The Bertz CT molecular complexity index is 356. The van der Waals surface area contributed by atoms with Gasteiger partial charge in [-0.3, -0.25) is 4.90 Å². The van der Waals surface area contributed by atoms with Crippen molar-refractivity contribution in [1.29, 1.82) is 0 Å². The Morgan fingerprint density at radius 3 is 2.29 bits per heavy atom. The van der Waals surface area contributed by atoms with E-state index in [1.54, 1.807) is 0 Å². The summed E-state index contributed by atoms with van der Waals surface area (Å²) in [6.07, 6.45) is 2.67. The number of aliphatic carboxylic acids is 1. The van der Waals surface area contributed by atoms with E-state index in [-0.39, 0.29) is 6.61 Å². The zero-order valence-electron chi connectivity index (χ0n) is 11.9. The summed E-state index contributed by atoms with van der Waals surface area (Å²) in [5.74, 6) is -1.03. The number of carbonyl (C=O) groups excluding carboxylic acids is 1. The van der Waals surface area contributed by atoms with Gasteiger partial charge in [0.25, 0.3) is 0 Å². The van der Waals surface area contributed by atoms with E-state index in [0.29, 0.717) is 6.54 Å². The van der Waals surface area contributed by atoms with Gasteiger partial charge in [-0.05, 0) is 25.0 Å². The highest BCUT2D eigenvalue weighted by Gasteiger charge is 2.16. The molecule has 0 atom stereocenters. The molecule has 2 N–H and O–H groups in total. The van der Waals surface area contributed by atoms with Gasteiger partial charge in [0.15, 0.2) is 0 Å². The number of carboxylic acid groups (broad SMARTS) is 1. The number of hydrogen-bond acceptors (Lipinski definition) is 7. The molecule has 0 amide bonds. The van der Waals surface area contributed by atoms with E-state index < -0.39 is 11.9 Å². The number of piperazine rings is 1. The van der Waals surface area contributed by atoms with Crippen LogP contribution in [0, 0.1) is 0 Å². The molecule has 8 heteroatoms. The van der Waals surface area contributed by atoms with Crippen molar-refractivity contribution < 1.29 is 24.0 Å². The van der Waals surface area contributed by atoms with Crippen LogP contribution < -0.4 is 0 Å². The number of carboxylic acids is 1. The Kier molecular flexibility index (Phi) is 9.07. The average Bonchev–Trinajstić information content (AvgIpc) is 2.47. The van der Waals surface area contributed by atoms with Crippen molar-refractivity contribution in [2.75, 3.05) is 51.6 Å². The zero-order valence-corrected chi connectivity index (χ0v) is 12.8. The fraction of sp³-hybridized carbons (Fsp3) is 0.692. The molecular weight excluding hydrogens is 296 g/mol. The highest BCUT2D eigenvalue weighted by Crippen LogP contribution is 2.04. The summed E-state index contributed by atoms with van der Waals surface area (Å²) < 4.78 is 13.6. The summed E-state index contributed by atoms with van der Waals surface area (Å²) in [5.41, 5.74) is 0. The molecule has 0 bridgehead atoms. The largest absolute Gasteiger partial charge is 0.478 e. The number of nitrogens with zero attached hydrogens (tertiary/aromatic N) is 2. The molecule has 1 saturated heterocycles. The van der Waals surface area contributed by atoms with Gasteiger partial charge in [0, 0.05) is 50.6 Å². The van der Waals surface area contributed by atoms with Crippen molar-refractivity contribution in [2.24, 2.45) is 0 Å². The van der Waals surface area contributed by atoms with Crippen LogP contribution in [0.15, 0.2) is 12.2 Å². The number of hydrogen-bond donors (Lipinski definition) is 2. The Labute approximate surface area is 128 Å². The highest BCUT2D eigenvalue weighted by atomic mass is 32.2. The van der Waals surface area contributed by atoms with Crippen LogP contribution >= 0.6 is 12.0 Å². The minimum absolute atomic E-state index is 0.268. The van der Waals surface area contributed by atoms with Crippen molar-refractivity contribution in [3.63, 3.8) is 0 Å². The molecule has 0 radical (unpaired) electrons. The summed E-state index contributed by atoms with van der Waals surface area (Å²) in [5, 5.41) is 8.37. The first kappa shape index (κ1) is 18.0. The predicted octanol–water partition coefficient (Wildman–Crippen LogP) is 0.384. The summed E-state index contributed by atoms with van der Waals surface area (Å²) in [7, 11) is 0. The van der Waals surface area contributed by atoms with E-state index in [2.05, 4.69) is 9.80 Å². The van der Waals surface area contributed by atoms with Gasteiger partial charge >= 0.3 is 11.9 Å². The average molecular weight is 318 g/mol. The normalized spacial score (nSPS) is 17.2. The van der Waals surface area contributed by atoms with E-state index in [1.165, 1.54) is 0 Å². The van der Waals surface area contributed by atoms with Crippen molar-refractivity contribution in [3.05, 3.63) is 12.2 Å². The van der Waals surface area contributed by atoms with Crippen molar-refractivity contribution in [3.8, 4) is 0 Å². The van der Waals surface area contributed by atoms with Gasteiger partial charge in [0.2, 0.25) is 0 Å². The lowest BCUT2D eigenvalue weighted by Crippen LogP contribution is -2.47. The number of carbonyl (C=O) groups is 2. The summed E-state index contributed by atoms with van der Waals surface area (Å²) in [6, 6.07) is 0. The first-order valence-electron chi connectivity index (χ1n) is 6.90. The monoisotopic (exact) mass is 318 g/mol. The summed E-state index contributed by atoms with van der Waals surface area (Å²) >= 11 is 0.882. The Balaban J connectivity index is 2.07. The first-order chi connectivity index (χ1) is 10.1. The predicted molar refractivity (Wildman–Crippen MR) is 80.3 cm³/mol. The zero-order chi connectivity index (χ0) is 15.5. The second kappa shape index (κ2) is 10.6. The molecule has 1 aliphatic rings. The molecule has 0 unspecified atom stereocenters. The first-order valence-corrected chi connectivity index (χ1v) is 7.85. The standard InChI is InChI=1S/C13H22N2O5S/c16-12(17)2-3-13(18)20-10-9-15-7-5-14(6-8-15)4-1-11-21-19/h2-3,19H,1,4-11H2,(H,16,17)/b3-2+. The second-order valence-corrected chi connectivity index (χ2v) is 5.38. The van der Waals surface area contributed by atoms with Crippen LogP contribution in [0.25, 0.3) is 0 Å². The molecule has 0 spiro atoms. The van der Waals surface area contributed by atoms with Gasteiger partial charge in [-0.2, -0.15) is 0 Å². The molecule has 120 valence electrons. The smallest absolute Gasteiger partial charge is 0.331 e. The molecule has 0 saturated carbocycles. The third-order valence-electron chi connectivity index (χ3n) is 3.19. The van der Waals surface area contributed by atoms with Crippen LogP contribution in [-0.2, 0) is 14.3 Å². The molecule has 7 nitrogen and oxygen atoms in total. The maximum atomic E-state index is 11.2. The van der Waals surface area contributed by atoms with Gasteiger partial charge in [0.05, 0.1) is 0 Å². The number of esters is 1. The van der Waals surface area contributed by atoms with Crippen LogP contribution in [-0.4, -0.2) is 83.0 Å². The van der Waals surface area contributed by atoms with Crippen LogP contribution in [0.5, 0.6) is 0 Å². The molecule has 0 aliphatic carbocycles. The SMILES string of the molecule is O=C(O)/C=C/C(=O)OCCN1CCN(CCCSO)CC1. The summed E-state index contributed by atoms with van der Waals surface area (Å²) in [6.45, 7) is 5.72. The van der Waals surface area contributed by atoms with Crippen LogP contribution in [0.1, 0.15) is 6.42 Å². The van der Waals surface area contributed by atoms with Crippen LogP contribution in [0.3, 0.4) is 0 Å². The highest BCUT2D eigenvalue weighted by molar-refractivity contribution is 7.93. The number of ether oxygens (including phenoxy) is 1. The van der Waals surface area contributed by atoms with E-state index in [1.807, 2.05) is 0 Å². The molecule has 1 heterocycles. The lowest BCUT2D eigenvalue weighted by Gasteiger charge is -2.34. The third-order valence-corrected chi connectivity index (χ3v) is 3.66. The molecule has 0 aromatic rings. The van der Waals surface area contributed by atoms with Gasteiger partial charge < -0.3 is 19.3 Å². The molecule has 0 aromatic heterocycles. The van der Waals surface area contributed by atoms with Crippen molar-refractivity contribution in [1.82, 2.24) is 9.80 Å². The minimum Gasteiger partial charge on any atom is -0.478 e. The second-order valence-electron chi connectivity index (χ2n) is 4.71. The number of rotatable bonds is 9. The van der Waals surface area contributed by atoms with Gasteiger partial charge in [-0.15, -0.1) is 0 Å². The van der Waals surface area contributed by atoms with E-state index in [9.17, 15) is 9.59 Å². The molecule has 0 aromatic carbocycles. The Hall–Kier alpha value is -1.09. The lowest BCUT2D eigenvalue weighted by molar-refractivity contribution is -0.139. The molecular formula is C13H22N2O5S. The third kappa shape index (κ3) is 8.71. The molecule has 1 fully saturated rings. The van der Waals surface area contributed by atoms with Gasteiger partial charge in [0.1, 0.15) is 6.61 Å². The maximum absolute atomic E-state index is 11.2. The van der Waals surface area contributed by atoms with E-state index >= 15 is 0 Å². The minimum atomic E-state index is -1.16. The summed E-state index contributed by atoms with van der Waals surface area (Å²) in [4.78, 5) is 26.0. The lowest BCUT2D eigenvalue weighted by atomic mass is 10.3. The van der Waals surface area contributed by atoms with Crippen LogP contribution in [0.4, 0.5) is 0 Å². The Morgan fingerprint density at radius 2 is 1.71 bits per heavy atom. The Morgan fingerprint density at radius 1 is 1.10 bits per heavy atom. The van der Waals surface area contributed by atoms with Crippen LogP contribution in [0.2, 0.25) is 0 Å².